The highest BCUT2D eigenvalue weighted by Gasteiger charge is 2.30. The Hall–Kier alpha value is -0.280. The van der Waals surface area contributed by atoms with Crippen molar-refractivity contribution >= 4 is 24.8 Å². The second kappa shape index (κ2) is 7.49. The topological polar surface area (TPSA) is 6.48 Å². The van der Waals surface area contributed by atoms with Gasteiger partial charge in [-0.15, -0.1) is 24.8 Å². The van der Waals surface area contributed by atoms with Gasteiger partial charge in [0.2, 0.25) is 0 Å². The van der Waals surface area contributed by atoms with Gasteiger partial charge in [0.15, 0.2) is 0 Å². The van der Waals surface area contributed by atoms with E-state index in [4.69, 9.17) is 0 Å². The summed E-state index contributed by atoms with van der Waals surface area (Å²) in [7, 11) is 0. The Balaban J connectivity index is 0.000000902. The molecule has 1 unspecified atom stereocenters. The van der Waals surface area contributed by atoms with Crippen LogP contribution in [0, 0.1) is 0 Å². The van der Waals surface area contributed by atoms with Gasteiger partial charge in [0.1, 0.15) is 0 Å². The average molecular weight is 303 g/mol. The lowest BCUT2D eigenvalue weighted by Crippen LogP contribution is -2.48. The molecular formula is C15H24Cl2N2. The minimum Gasteiger partial charge on any atom is -0.288 e. The Labute approximate surface area is 129 Å². The van der Waals surface area contributed by atoms with Crippen LogP contribution in [0.3, 0.4) is 0 Å². The molecule has 2 aliphatic heterocycles. The van der Waals surface area contributed by atoms with Gasteiger partial charge in [-0.1, -0.05) is 31.2 Å². The molecule has 2 nitrogen and oxygen atoms in total. The summed E-state index contributed by atoms with van der Waals surface area (Å²) in [6, 6.07) is 8.91. The van der Waals surface area contributed by atoms with E-state index in [1.807, 2.05) is 0 Å². The monoisotopic (exact) mass is 302 g/mol. The van der Waals surface area contributed by atoms with Crippen molar-refractivity contribution in [3.63, 3.8) is 0 Å². The van der Waals surface area contributed by atoms with Crippen LogP contribution in [0.4, 0.5) is 0 Å². The highest BCUT2D eigenvalue weighted by molar-refractivity contribution is 5.85. The van der Waals surface area contributed by atoms with Crippen molar-refractivity contribution in [2.24, 2.45) is 0 Å². The molecule has 0 aliphatic carbocycles. The molecule has 108 valence electrons. The number of likely N-dealkylation sites (tertiary alicyclic amines) is 1. The molecule has 2 aliphatic rings. The van der Waals surface area contributed by atoms with Gasteiger partial charge in [0.05, 0.1) is 6.17 Å². The fraction of sp³-hybridized carbons (Fsp3) is 0.600. The zero-order chi connectivity index (χ0) is 11.7. The molecule has 4 heteroatoms. The van der Waals surface area contributed by atoms with E-state index in [9.17, 15) is 0 Å². The molecule has 1 aromatic rings. The second-order valence-corrected chi connectivity index (χ2v) is 5.28. The number of benzene rings is 1. The van der Waals surface area contributed by atoms with Crippen LogP contribution >= 0.6 is 24.8 Å². The summed E-state index contributed by atoms with van der Waals surface area (Å²) in [6.45, 7) is 7.07. The van der Waals surface area contributed by atoms with E-state index in [1.54, 1.807) is 0 Å². The van der Waals surface area contributed by atoms with Crippen molar-refractivity contribution in [2.75, 3.05) is 13.1 Å². The molecule has 0 bridgehead atoms. The second-order valence-electron chi connectivity index (χ2n) is 5.28. The largest absolute Gasteiger partial charge is 0.288 e. The van der Waals surface area contributed by atoms with E-state index in [-0.39, 0.29) is 24.8 Å². The third-order valence-electron chi connectivity index (χ3n) is 4.27. The summed E-state index contributed by atoms with van der Waals surface area (Å²) in [6.07, 6.45) is 4.81. The van der Waals surface area contributed by atoms with Gasteiger partial charge < -0.3 is 0 Å². The third kappa shape index (κ3) is 3.43. The third-order valence-corrected chi connectivity index (χ3v) is 4.27. The zero-order valence-electron chi connectivity index (χ0n) is 11.5. The van der Waals surface area contributed by atoms with Gasteiger partial charge in [-0.2, -0.15) is 0 Å². The first-order chi connectivity index (χ1) is 8.38. The Morgan fingerprint density at radius 2 is 1.68 bits per heavy atom. The number of halogens is 2. The van der Waals surface area contributed by atoms with E-state index in [2.05, 4.69) is 41.0 Å². The normalized spacial score (nSPS) is 23.3. The molecule has 0 spiro atoms. The number of hydrogen-bond acceptors (Lipinski definition) is 2. The van der Waals surface area contributed by atoms with Gasteiger partial charge in [-0.05, 0) is 43.5 Å². The molecule has 0 aromatic heterocycles. The molecule has 0 saturated carbocycles. The SMILES string of the molecule is CCN1CCCCC1N1Cc2ccccc2C1.Cl.Cl. The highest BCUT2D eigenvalue weighted by Crippen LogP contribution is 2.29. The van der Waals surface area contributed by atoms with Gasteiger partial charge in [-0.3, -0.25) is 9.80 Å². The van der Waals surface area contributed by atoms with Crippen LogP contribution < -0.4 is 0 Å². The van der Waals surface area contributed by atoms with Crippen molar-refractivity contribution in [1.29, 1.82) is 0 Å². The van der Waals surface area contributed by atoms with Crippen LogP contribution in [0.1, 0.15) is 37.3 Å². The Kier molecular flexibility index (Phi) is 6.61. The van der Waals surface area contributed by atoms with Crippen LogP contribution in [-0.2, 0) is 13.1 Å². The molecule has 1 aromatic carbocycles. The number of hydrogen-bond donors (Lipinski definition) is 0. The maximum Gasteiger partial charge on any atom is 0.0628 e. The highest BCUT2D eigenvalue weighted by atomic mass is 35.5. The summed E-state index contributed by atoms with van der Waals surface area (Å²) in [4.78, 5) is 5.31. The van der Waals surface area contributed by atoms with E-state index in [0.717, 1.165) is 13.1 Å². The fourth-order valence-electron chi connectivity index (χ4n) is 3.33. The minimum atomic E-state index is 0. The maximum atomic E-state index is 2.66. The van der Waals surface area contributed by atoms with E-state index in [1.165, 1.54) is 43.5 Å². The molecule has 0 amide bonds. The lowest BCUT2D eigenvalue weighted by molar-refractivity contribution is 0.0142. The fourth-order valence-corrected chi connectivity index (χ4v) is 3.33. The Morgan fingerprint density at radius 3 is 2.26 bits per heavy atom. The predicted octanol–water partition coefficient (Wildman–Crippen LogP) is 3.68. The van der Waals surface area contributed by atoms with Crippen molar-refractivity contribution < 1.29 is 0 Å². The van der Waals surface area contributed by atoms with Crippen LogP contribution in [-0.4, -0.2) is 29.1 Å². The summed E-state index contributed by atoms with van der Waals surface area (Å²) in [5.41, 5.74) is 3.07. The summed E-state index contributed by atoms with van der Waals surface area (Å²) < 4.78 is 0. The first-order valence-electron chi connectivity index (χ1n) is 6.93. The Bertz CT molecular complexity index is 372. The van der Waals surface area contributed by atoms with Crippen LogP contribution in [0.5, 0.6) is 0 Å². The van der Waals surface area contributed by atoms with Crippen molar-refractivity contribution in [1.82, 2.24) is 9.80 Å². The van der Waals surface area contributed by atoms with E-state index >= 15 is 0 Å². The number of piperidine rings is 1. The van der Waals surface area contributed by atoms with Crippen LogP contribution in [0.25, 0.3) is 0 Å². The smallest absolute Gasteiger partial charge is 0.0628 e. The molecule has 0 N–H and O–H groups in total. The molecule has 0 radical (unpaired) electrons. The number of fused-ring (bicyclic) bond motifs is 1. The van der Waals surface area contributed by atoms with E-state index in [0.29, 0.717) is 6.17 Å². The van der Waals surface area contributed by atoms with Crippen LogP contribution in [0.2, 0.25) is 0 Å². The van der Waals surface area contributed by atoms with E-state index < -0.39 is 0 Å². The molecular weight excluding hydrogens is 279 g/mol. The number of rotatable bonds is 2. The van der Waals surface area contributed by atoms with Crippen LogP contribution in [0.15, 0.2) is 24.3 Å². The molecule has 1 atom stereocenters. The summed E-state index contributed by atoms with van der Waals surface area (Å²) >= 11 is 0. The van der Waals surface area contributed by atoms with Crippen molar-refractivity contribution in [3.8, 4) is 0 Å². The summed E-state index contributed by atoms with van der Waals surface area (Å²) in [5, 5.41) is 0. The summed E-state index contributed by atoms with van der Waals surface area (Å²) in [5.74, 6) is 0. The average Bonchev–Trinajstić information content (AvgIpc) is 2.82. The van der Waals surface area contributed by atoms with Crippen molar-refractivity contribution in [2.45, 2.75) is 45.4 Å². The standard InChI is InChI=1S/C15H22N2.2ClH/c1-2-16-10-6-5-9-15(16)17-11-13-7-3-4-8-14(13)12-17;;/h3-4,7-8,15H,2,5-6,9-12H2,1H3;2*1H. The van der Waals surface area contributed by atoms with Gasteiger partial charge in [0, 0.05) is 13.1 Å². The van der Waals surface area contributed by atoms with Gasteiger partial charge >= 0.3 is 0 Å². The first-order valence-corrected chi connectivity index (χ1v) is 6.93. The molecule has 19 heavy (non-hydrogen) atoms. The van der Waals surface area contributed by atoms with Crippen molar-refractivity contribution in [3.05, 3.63) is 35.4 Å². The van der Waals surface area contributed by atoms with Gasteiger partial charge in [0.25, 0.3) is 0 Å². The zero-order valence-corrected chi connectivity index (χ0v) is 13.2. The lowest BCUT2D eigenvalue weighted by Gasteiger charge is -2.40. The number of nitrogens with zero attached hydrogens (tertiary/aromatic N) is 2. The minimum absolute atomic E-state index is 0. The quantitative estimate of drug-likeness (QED) is 0.822. The molecule has 3 rings (SSSR count). The predicted molar refractivity (Wildman–Crippen MR) is 85.1 cm³/mol. The Morgan fingerprint density at radius 1 is 1.05 bits per heavy atom. The lowest BCUT2D eigenvalue weighted by atomic mass is 10.1. The van der Waals surface area contributed by atoms with Gasteiger partial charge in [-0.25, -0.2) is 0 Å². The molecule has 1 saturated heterocycles. The maximum absolute atomic E-state index is 2.66. The molecule has 2 heterocycles. The first kappa shape index (κ1) is 16.8. The molecule has 1 fully saturated rings.